The van der Waals surface area contributed by atoms with E-state index in [2.05, 4.69) is 4.98 Å². The standard InChI is InChI=1S/C12H12N2O/c1-2-14-9-11(8-13-12(14)15)10-6-4-3-5-7-10/h3-9H,2H2,1H3. The van der Waals surface area contributed by atoms with E-state index in [9.17, 15) is 4.79 Å². The molecule has 0 saturated carbocycles. The normalized spacial score (nSPS) is 10.2. The predicted octanol–water partition coefficient (Wildman–Crippen LogP) is 1.93. The quantitative estimate of drug-likeness (QED) is 0.742. The Hall–Kier alpha value is -1.90. The van der Waals surface area contributed by atoms with Crippen molar-refractivity contribution in [2.75, 3.05) is 0 Å². The zero-order chi connectivity index (χ0) is 10.7. The molecule has 0 saturated heterocycles. The van der Waals surface area contributed by atoms with E-state index in [1.165, 1.54) is 0 Å². The summed E-state index contributed by atoms with van der Waals surface area (Å²) in [6.45, 7) is 2.57. The molecular weight excluding hydrogens is 188 g/mol. The lowest BCUT2D eigenvalue weighted by Gasteiger charge is -2.04. The fourth-order valence-electron chi connectivity index (χ4n) is 1.46. The van der Waals surface area contributed by atoms with Gasteiger partial charge in [0, 0.05) is 24.5 Å². The predicted molar refractivity (Wildman–Crippen MR) is 59.6 cm³/mol. The van der Waals surface area contributed by atoms with Crippen LogP contribution < -0.4 is 5.69 Å². The van der Waals surface area contributed by atoms with Crippen molar-refractivity contribution in [1.29, 1.82) is 0 Å². The summed E-state index contributed by atoms with van der Waals surface area (Å²) in [6.07, 6.45) is 3.45. The van der Waals surface area contributed by atoms with Crippen LogP contribution in [-0.4, -0.2) is 9.55 Å². The van der Waals surface area contributed by atoms with Crippen LogP contribution in [0.2, 0.25) is 0 Å². The Balaban J connectivity index is 2.51. The SMILES string of the molecule is CCn1cc(-c2ccccc2)cnc1=O. The van der Waals surface area contributed by atoms with Crippen molar-refractivity contribution in [2.24, 2.45) is 0 Å². The molecule has 0 N–H and O–H groups in total. The van der Waals surface area contributed by atoms with Gasteiger partial charge in [-0.2, -0.15) is 0 Å². The first-order valence-electron chi connectivity index (χ1n) is 4.93. The van der Waals surface area contributed by atoms with E-state index >= 15 is 0 Å². The van der Waals surface area contributed by atoms with E-state index in [4.69, 9.17) is 0 Å². The van der Waals surface area contributed by atoms with E-state index in [0.29, 0.717) is 6.54 Å². The molecule has 0 fully saturated rings. The van der Waals surface area contributed by atoms with Gasteiger partial charge in [0.2, 0.25) is 0 Å². The van der Waals surface area contributed by atoms with Crippen molar-refractivity contribution in [3.05, 3.63) is 53.2 Å². The monoisotopic (exact) mass is 200 g/mol. The fraction of sp³-hybridized carbons (Fsp3) is 0.167. The summed E-state index contributed by atoms with van der Waals surface area (Å²) in [6, 6.07) is 9.91. The van der Waals surface area contributed by atoms with Gasteiger partial charge in [0.1, 0.15) is 0 Å². The first kappa shape index (κ1) is 9.65. The maximum atomic E-state index is 11.3. The molecular formula is C12H12N2O. The van der Waals surface area contributed by atoms with Gasteiger partial charge < -0.3 is 0 Å². The third-order valence-corrected chi connectivity index (χ3v) is 2.30. The van der Waals surface area contributed by atoms with Gasteiger partial charge in [0.25, 0.3) is 0 Å². The minimum atomic E-state index is -0.197. The summed E-state index contributed by atoms with van der Waals surface area (Å²) in [5.41, 5.74) is 1.85. The van der Waals surface area contributed by atoms with Crippen LogP contribution in [0.4, 0.5) is 0 Å². The zero-order valence-corrected chi connectivity index (χ0v) is 8.55. The summed E-state index contributed by atoms with van der Waals surface area (Å²) in [7, 11) is 0. The van der Waals surface area contributed by atoms with Gasteiger partial charge in [0.05, 0.1) is 0 Å². The van der Waals surface area contributed by atoms with Crippen molar-refractivity contribution >= 4 is 0 Å². The van der Waals surface area contributed by atoms with E-state index in [1.54, 1.807) is 10.8 Å². The maximum Gasteiger partial charge on any atom is 0.347 e. The lowest BCUT2D eigenvalue weighted by molar-refractivity contribution is 0.700. The van der Waals surface area contributed by atoms with Gasteiger partial charge in [-0.25, -0.2) is 9.78 Å². The van der Waals surface area contributed by atoms with Gasteiger partial charge >= 0.3 is 5.69 Å². The maximum absolute atomic E-state index is 11.3. The second kappa shape index (κ2) is 4.09. The average Bonchev–Trinajstić information content (AvgIpc) is 2.31. The van der Waals surface area contributed by atoms with Crippen molar-refractivity contribution < 1.29 is 0 Å². The largest absolute Gasteiger partial charge is 0.347 e. The number of aromatic nitrogens is 2. The third-order valence-electron chi connectivity index (χ3n) is 2.30. The second-order valence-electron chi connectivity index (χ2n) is 3.28. The highest BCUT2D eigenvalue weighted by Gasteiger charge is 1.99. The lowest BCUT2D eigenvalue weighted by Crippen LogP contribution is -2.21. The Labute approximate surface area is 88.0 Å². The molecule has 1 heterocycles. The second-order valence-corrected chi connectivity index (χ2v) is 3.28. The van der Waals surface area contributed by atoms with E-state index in [0.717, 1.165) is 11.1 Å². The Bertz CT molecular complexity index is 503. The zero-order valence-electron chi connectivity index (χ0n) is 8.55. The molecule has 76 valence electrons. The minimum absolute atomic E-state index is 0.197. The van der Waals surface area contributed by atoms with Crippen molar-refractivity contribution in [3.8, 4) is 11.1 Å². The summed E-state index contributed by atoms with van der Waals surface area (Å²) in [5.74, 6) is 0. The molecule has 0 unspecified atom stereocenters. The van der Waals surface area contributed by atoms with Gasteiger partial charge in [-0.1, -0.05) is 30.3 Å². The third kappa shape index (κ3) is 1.96. The summed E-state index contributed by atoms with van der Waals surface area (Å²) >= 11 is 0. The Kier molecular flexibility index (Phi) is 2.63. The Morgan fingerprint density at radius 1 is 1.20 bits per heavy atom. The van der Waals surface area contributed by atoms with E-state index in [1.807, 2.05) is 43.5 Å². The van der Waals surface area contributed by atoms with Crippen LogP contribution in [0.25, 0.3) is 11.1 Å². The number of benzene rings is 1. The number of hydrogen-bond donors (Lipinski definition) is 0. The van der Waals surface area contributed by atoms with Crippen LogP contribution in [0.15, 0.2) is 47.5 Å². The first-order valence-corrected chi connectivity index (χ1v) is 4.93. The highest BCUT2D eigenvalue weighted by atomic mass is 16.1. The number of aryl methyl sites for hydroxylation is 1. The molecule has 3 nitrogen and oxygen atoms in total. The molecule has 0 aliphatic heterocycles. The summed E-state index contributed by atoms with van der Waals surface area (Å²) < 4.78 is 1.60. The lowest BCUT2D eigenvalue weighted by atomic mass is 10.1. The van der Waals surface area contributed by atoms with Gasteiger partial charge in [-0.3, -0.25) is 4.57 Å². The molecule has 15 heavy (non-hydrogen) atoms. The Morgan fingerprint density at radius 2 is 1.93 bits per heavy atom. The molecule has 0 bridgehead atoms. The number of hydrogen-bond acceptors (Lipinski definition) is 2. The number of nitrogens with zero attached hydrogens (tertiary/aromatic N) is 2. The molecule has 3 heteroatoms. The summed E-state index contributed by atoms with van der Waals surface area (Å²) in [5, 5.41) is 0. The summed E-state index contributed by atoms with van der Waals surface area (Å²) in [4.78, 5) is 15.1. The van der Waals surface area contributed by atoms with Crippen LogP contribution in [-0.2, 0) is 6.54 Å². The molecule has 1 aromatic heterocycles. The van der Waals surface area contributed by atoms with Gasteiger partial charge in [0.15, 0.2) is 0 Å². The molecule has 0 atom stereocenters. The highest BCUT2D eigenvalue weighted by Crippen LogP contribution is 2.15. The van der Waals surface area contributed by atoms with Crippen LogP contribution in [0, 0.1) is 0 Å². The average molecular weight is 200 g/mol. The van der Waals surface area contributed by atoms with E-state index in [-0.39, 0.29) is 5.69 Å². The molecule has 2 aromatic rings. The van der Waals surface area contributed by atoms with Crippen molar-refractivity contribution in [1.82, 2.24) is 9.55 Å². The van der Waals surface area contributed by atoms with E-state index < -0.39 is 0 Å². The first-order chi connectivity index (χ1) is 7.31. The molecule has 0 aliphatic rings. The van der Waals surface area contributed by atoms with Crippen LogP contribution in [0.5, 0.6) is 0 Å². The van der Waals surface area contributed by atoms with Crippen LogP contribution in [0.1, 0.15) is 6.92 Å². The Morgan fingerprint density at radius 3 is 2.60 bits per heavy atom. The minimum Gasteiger partial charge on any atom is -0.299 e. The molecule has 2 rings (SSSR count). The van der Waals surface area contributed by atoms with Crippen molar-refractivity contribution in [2.45, 2.75) is 13.5 Å². The highest BCUT2D eigenvalue weighted by molar-refractivity contribution is 5.60. The molecule has 0 aliphatic carbocycles. The fourth-order valence-corrected chi connectivity index (χ4v) is 1.46. The van der Waals surface area contributed by atoms with Crippen LogP contribution >= 0.6 is 0 Å². The van der Waals surface area contributed by atoms with Gasteiger partial charge in [-0.15, -0.1) is 0 Å². The van der Waals surface area contributed by atoms with Crippen molar-refractivity contribution in [3.63, 3.8) is 0 Å². The smallest absolute Gasteiger partial charge is 0.299 e. The molecule has 0 spiro atoms. The van der Waals surface area contributed by atoms with Crippen LogP contribution in [0.3, 0.4) is 0 Å². The molecule has 1 aromatic carbocycles. The topological polar surface area (TPSA) is 34.9 Å². The molecule has 0 amide bonds. The van der Waals surface area contributed by atoms with Gasteiger partial charge in [-0.05, 0) is 12.5 Å². The number of rotatable bonds is 2. The molecule has 0 radical (unpaired) electrons.